The van der Waals surface area contributed by atoms with Crippen molar-refractivity contribution in [3.8, 4) is 11.4 Å². The molecule has 0 bridgehead atoms. The topological polar surface area (TPSA) is 83.0 Å². The maximum absolute atomic E-state index is 9.27. The third kappa shape index (κ3) is 4.91. The van der Waals surface area contributed by atoms with E-state index in [0.29, 0.717) is 29.0 Å². The summed E-state index contributed by atoms with van der Waals surface area (Å²) in [4.78, 5) is 13.3. The van der Waals surface area contributed by atoms with Crippen LogP contribution in [0.4, 0.5) is 11.8 Å². The number of aliphatic hydroxyl groups excluding tert-OH is 1. The van der Waals surface area contributed by atoms with Crippen molar-refractivity contribution in [1.82, 2.24) is 15.0 Å². The number of aliphatic hydroxyl groups is 1. The van der Waals surface area contributed by atoms with Gasteiger partial charge < -0.3 is 15.7 Å². The van der Waals surface area contributed by atoms with Gasteiger partial charge in [0, 0.05) is 29.9 Å². The Hall–Kier alpha value is -2.70. The Morgan fingerprint density at radius 1 is 1.08 bits per heavy atom. The molecule has 0 saturated heterocycles. The van der Waals surface area contributed by atoms with Crippen LogP contribution in [0.25, 0.3) is 11.4 Å². The van der Waals surface area contributed by atoms with Crippen LogP contribution in [-0.4, -0.2) is 32.7 Å². The van der Waals surface area contributed by atoms with Crippen LogP contribution >= 0.6 is 11.6 Å². The monoisotopic (exact) mass is 369 g/mol. The minimum atomic E-state index is -0.158. The maximum Gasteiger partial charge on any atom is 0.225 e. The SMILES string of the molecule is C[C@@H](CO)Nc1nc(NCc2cccc(Cl)c2)cc(-c2ccccn2)n1. The fraction of sp³-hybridized carbons (Fsp3) is 0.211. The van der Waals surface area contributed by atoms with E-state index in [2.05, 4.69) is 25.6 Å². The fourth-order valence-electron chi connectivity index (χ4n) is 2.35. The van der Waals surface area contributed by atoms with Gasteiger partial charge in [0.05, 0.1) is 18.0 Å². The average Bonchev–Trinajstić information content (AvgIpc) is 2.67. The highest BCUT2D eigenvalue weighted by atomic mass is 35.5. The standard InChI is InChI=1S/C19H20ClN5O/c1-13(12-26)23-19-24-17(16-7-2-3-8-21-16)10-18(25-19)22-11-14-5-4-6-15(20)9-14/h2-10,13,26H,11-12H2,1H3,(H2,22,23,24,25)/t13-/m0/s1. The summed E-state index contributed by atoms with van der Waals surface area (Å²) in [7, 11) is 0. The van der Waals surface area contributed by atoms with E-state index in [4.69, 9.17) is 11.6 Å². The number of benzene rings is 1. The second-order valence-corrected chi connectivity index (χ2v) is 6.32. The summed E-state index contributed by atoms with van der Waals surface area (Å²) in [6, 6.07) is 15.0. The highest BCUT2D eigenvalue weighted by molar-refractivity contribution is 6.30. The van der Waals surface area contributed by atoms with Gasteiger partial charge in [-0.15, -0.1) is 0 Å². The molecule has 134 valence electrons. The number of aromatic nitrogens is 3. The molecule has 0 unspecified atom stereocenters. The molecule has 1 aromatic carbocycles. The van der Waals surface area contributed by atoms with Gasteiger partial charge in [0.25, 0.3) is 0 Å². The number of rotatable bonds is 7. The van der Waals surface area contributed by atoms with Crippen molar-refractivity contribution >= 4 is 23.4 Å². The van der Waals surface area contributed by atoms with Gasteiger partial charge in [0.2, 0.25) is 5.95 Å². The van der Waals surface area contributed by atoms with Crippen molar-refractivity contribution in [2.75, 3.05) is 17.2 Å². The summed E-state index contributed by atoms with van der Waals surface area (Å²) in [6.45, 7) is 2.42. The zero-order valence-electron chi connectivity index (χ0n) is 14.4. The molecule has 0 fully saturated rings. The molecule has 2 aromatic heterocycles. The molecule has 0 radical (unpaired) electrons. The first kappa shape index (κ1) is 18.1. The summed E-state index contributed by atoms with van der Waals surface area (Å²) < 4.78 is 0. The number of hydrogen-bond donors (Lipinski definition) is 3. The van der Waals surface area contributed by atoms with Gasteiger partial charge >= 0.3 is 0 Å². The second-order valence-electron chi connectivity index (χ2n) is 5.89. The molecule has 7 heteroatoms. The lowest BCUT2D eigenvalue weighted by atomic mass is 10.2. The third-order valence-corrected chi connectivity index (χ3v) is 3.90. The van der Waals surface area contributed by atoms with E-state index in [-0.39, 0.29) is 12.6 Å². The van der Waals surface area contributed by atoms with Crippen LogP contribution in [0.15, 0.2) is 54.7 Å². The van der Waals surface area contributed by atoms with Crippen LogP contribution < -0.4 is 10.6 Å². The molecule has 3 aromatic rings. The quantitative estimate of drug-likeness (QED) is 0.590. The molecule has 26 heavy (non-hydrogen) atoms. The molecule has 0 saturated carbocycles. The lowest BCUT2D eigenvalue weighted by Gasteiger charge is -2.14. The van der Waals surface area contributed by atoms with Crippen LogP contribution in [-0.2, 0) is 6.54 Å². The van der Waals surface area contributed by atoms with Gasteiger partial charge in [0.1, 0.15) is 5.82 Å². The van der Waals surface area contributed by atoms with Gasteiger partial charge in [-0.1, -0.05) is 29.8 Å². The Kier molecular flexibility index (Phi) is 5.99. The molecule has 0 aliphatic carbocycles. The van der Waals surface area contributed by atoms with E-state index < -0.39 is 0 Å². The zero-order valence-corrected chi connectivity index (χ0v) is 15.1. The molecular formula is C19H20ClN5O. The van der Waals surface area contributed by atoms with Crippen molar-refractivity contribution in [3.05, 3.63) is 65.3 Å². The normalized spacial score (nSPS) is 11.8. The third-order valence-electron chi connectivity index (χ3n) is 3.67. The number of hydrogen-bond acceptors (Lipinski definition) is 6. The number of anilines is 2. The van der Waals surface area contributed by atoms with E-state index in [1.165, 1.54) is 0 Å². The second kappa shape index (κ2) is 8.60. The number of pyridine rings is 1. The molecule has 3 N–H and O–H groups in total. The van der Waals surface area contributed by atoms with Crippen LogP contribution in [0, 0.1) is 0 Å². The van der Waals surface area contributed by atoms with E-state index in [0.717, 1.165) is 11.3 Å². The molecule has 0 aliphatic rings. The highest BCUT2D eigenvalue weighted by Crippen LogP contribution is 2.20. The molecule has 0 aliphatic heterocycles. The largest absolute Gasteiger partial charge is 0.394 e. The van der Waals surface area contributed by atoms with Crippen molar-refractivity contribution in [2.45, 2.75) is 19.5 Å². The van der Waals surface area contributed by atoms with E-state index in [1.54, 1.807) is 6.20 Å². The highest BCUT2D eigenvalue weighted by Gasteiger charge is 2.10. The van der Waals surface area contributed by atoms with Gasteiger partial charge in [-0.3, -0.25) is 4.98 Å². The fourth-order valence-corrected chi connectivity index (χ4v) is 2.57. The Bertz CT molecular complexity index is 860. The van der Waals surface area contributed by atoms with Crippen molar-refractivity contribution < 1.29 is 5.11 Å². The Balaban J connectivity index is 1.86. The first-order chi connectivity index (χ1) is 12.6. The minimum absolute atomic E-state index is 0.0115. The lowest BCUT2D eigenvalue weighted by Crippen LogP contribution is -2.21. The van der Waals surface area contributed by atoms with Crippen LogP contribution in [0.3, 0.4) is 0 Å². The summed E-state index contributed by atoms with van der Waals surface area (Å²) in [5.41, 5.74) is 2.50. The summed E-state index contributed by atoms with van der Waals surface area (Å²) in [6.07, 6.45) is 1.72. The predicted molar refractivity (Wildman–Crippen MR) is 104 cm³/mol. The Morgan fingerprint density at radius 2 is 1.96 bits per heavy atom. The molecule has 1 atom stereocenters. The number of halogens is 1. The predicted octanol–water partition coefficient (Wildman–Crippen LogP) is 3.60. The molecule has 0 spiro atoms. The number of nitrogens with zero attached hydrogens (tertiary/aromatic N) is 3. The first-order valence-electron chi connectivity index (χ1n) is 8.30. The maximum atomic E-state index is 9.27. The first-order valence-corrected chi connectivity index (χ1v) is 8.68. The van der Waals surface area contributed by atoms with Gasteiger partial charge in [-0.2, -0.15) is 4.98 Å². The van der Waals surface area contributed by atoms with Gasteiger partial charge in [-0.05, 0) is 36.8 Å². The van der Waals surface area contributed by atoms with E-state index in [1.807, 2.05) is 55.5 Å². The molecule has 0 amide bonds. The zero-order chi connectivity index (χ0) is 18.4. The summed E-state index contributed by atoms with van der Waals surface area (Å²) in [5, 5.41) is 16.3. The molecule has 3 rings (SSSR count). The van der Waals surface area contributed by atoms with Crippen LogP contribution in [0.2, 0.25) is 5.02 Å². The smallest absolute Gasteiger partial charge is 0.225 e. The summed E-state index contributed by atoms with van der Waals surface area (Å²) >= 11 is 6.03. The minimum Gasteiger partial charge on any atom is -0.394 e. The van der Waals surface area contributed by atoms with Crippen LogP contribution in [0.5, 0.6) is 0 Å². The van der Waals surface area contributed by atoms with Crippen molar-refractivity contribution in [2.24, 2.45) is 0 Å². The molecule has 2 heterocycles. The van der Waals surface area contributed by atoms with Gasteiger partial charge in [-0.25, -0.2) is 4.98 Å². The van der Waals surface area contributed by atoms with E-state index in [9.17, 15) is 5.11 Å². The van der Waals surface area contributed by atoms with E-state index >= 15 is 0 Å². The van der Waals surface area contributed by atoms with Gasteiger partial charge in [0.15, 0.2) is 0 Å². The van der Waals surface area contributed by atoms with Crippen LogP contribution in [0.1, 0.15) is 12.5 Å². The summed E-state index contributed by atoms with van der Waals surface area (Å²) in [5.74, 6) is 1.09. The average molecular weight is 370 g/mol. The molecule has 6 nitrogen and oxygen atoms in total. The molecular weight excluding hydrogens is 350 g/mol. The Morgan fingerprint density at radius 3 is 2.69 bits per heavy atom. The number of nitrogens with one attached hydrogen (secondary N) is 2. The van der Waals surface area contributed by atoms with Crippen molar-refractivity contribution in [3.63, 3.8) is 0 Å². The lowest BCUT2D eigenvalue weighted by molar-refractivity contribution is 0.281. The van der Waals surface area contributed by atoms with Crippen molar-refractivity contribution in [1.29, 1.82) is 0 Å². The Labute approximate surface area is 157 Å².